The van der Waals surface area contributed by atoms with Gasteiger partial charge in [0, 0.05) is 7.11 Å². The summed E-state index contributed by atoms with van der Waals surface area (Å²) in [5.41, 5.74) is 0.129. The molecular weight excluding hydrogens is 412 g/mol. The minimum atomic E-state index is -1.03. The van der Waals surface area contributed by atoms with Gasteiger partial charge in [0.05, 0.1) is 34.3 Å². The highest BCUT2D eigenvalue weighted by Crippen LogP contribution is 2.34. The number of methoxy groups -OCH3 is 1. The van der Waals surface area contributed by atoms with Gasteiger partial charge in [0.2, 0.25) is 0 Å². The number of benzene rings is 1. The first kappa shape index (κ1) is 18.4. The molecule has 118 valence electrons. The molecule has 0 radical (unpaired) electrons. The van der Waals surface area contributed by atoms with Crippen LogP contribution in [0.1, 0.15) is 10.4 Å². The number of aliphatic hydroxyl groups excluding tert-OH is 1. The van der Waals surface area contributed by atoms with Gasteiger partial charge in [0.15, 0.2) is 0 Å². The average molecular weight is 428 g/mol. The van der Waals surface area contributed by atoms with Gasteiger partial charge < -0.3 is 24.4 Å². The molecule has 1 rings (SSSR count). The van der Waals surface area contributed by atoms with Crippen LogP contribution < -0.4 is 4.74 Å². The summed E-state index contributed by atoms with van der Waals surface area (Å²) >= 11 is 6.48. The van der Waals surface area contributed by atoms with Crippen molar-refractivity contribution in [1.29, 1.82) is 0 Å². The Morgan fingerprint density at radius 3 is 2.38 bits per heavy atom. The molecule has 0 bridgehead atoms. The fraction of sp³-hybridized carbons (Fsp3) is 0.462. The van der Waals surface area contributed by atoms with Crippen molar-refractivity contribution >= 4 is 37.8 Å². The van der Waals surface area contributed by atoms with E-state index in [1.165, 1.54) is 12.1 Å². The van der Waals surface area contributed by atoms with E-state index >= 15 is 0 Å². The molecule has 0 saturated heterocycles. The number of carboxylic acid groups (broad SMARTS) is 1. The molecule has 1 atom stereocenters. The molecule has 2 N–H and O–H groups in total. The molecule has 0 fully saturated rings. The zero-order valence-electron chi connectivity index (χ0n) is 11.3. The standard InChI is InChI=1S/C13H16Br2O6/c1-19-2-3-20-6-9(16)7-21-12-10(14)4-8(13(17)18)5-11(12)15/h4-5,9,16H,2-3,6-7H2,1H3,(H,17,18). The van der Waals surface area contributed by atoms with E-state index in [1.54, 1.807) is 7.11 Å². The van der Waals surface area contributed by atoms with Crippen LogP contribution in [-0.4, -0.2) is 55.8 Å². The summed E-state index contributed by atoms with van der Waals surface area (Å²) in [7, 11) is 1.57. The molecule has 0 amide bonds. The highest BCUT2D eigenvalue weighted by molar-refractivity contribution is 9.11. The van der Waals surface area contributed by atoms with Crippen molar-refractivity contribution in [2.75, 3.05) is 33.5 Å². The second kappa shape index (κ2) is 9.37. The summed E-state index contributed by atoms with van der Waals surface area (Å²) in [6.07, 6.45) is -0.792. The molecule has 0 heterocycles. The molecule has 1 aromatic carbocycles. The normalized spacial score (nSPS) is 12.2. The summed E-state index contributed by atoms with van der Waals surface area (Å²) in [5, 5.41) is 18.7. The maximum absolute atomic E-state index is 10.9. The van der Waals surface area contributed by atoms with Gasteiger partial charge in [-0.25, -0.2) is 4.79 Å². The van der Waals surface area contributed by atoms with Crippen molar-refractivity contribution in [3.63, 3.8) is 0 Å². The Morgan fingerprint density at radius 1 is 1.24 bits per heavy atom. The Bertz CT molecular complexity index is 457. The van der Waals surface area contributed by atoms with Crippen molar-refractivity contribution in [2.24, 2.45) is 0 Å². The lowest BCUT2D eigenvalue weighted by molar-refractivity contribution is -0.00440. The monoisotopic (exact) mass is 426 g/mol. The maximum Gasteiger partial charge on any atom is 0.335 e. The molecule has 0 aliphatic heterocycles. The van der Waals surface area contributed by atoms with Gasteiger partial charge >= 0.3 is 5.97 Å². The summed E-state index contributed by atoms with van der Waals surface area (Å²) in [4.78, 5) is 10.9. The second-order valence-electron chi connectivity index (χ2n) is 4.11. The van der Waals surface area contributed by atoms with Crippen molar-refractivity contribution < 1.29 is 29.2 Å². The van der Waals surface area contributed by atoms with E-state index in [1.807, 2.05) is 0 Å². The Morgan fingerprint density at radius 2 is 1.86 bits per heavy atom. The van der Waals surface area contributed by atoms with Crippen LogP contribution in [0, 0.1) is 0 Å². The molecule has 0 saturated carbocycles. The minimum absolute atomic E-state index is 0.0244. The molecule has 8 heteroatoms. The third-order valence-corrected chi connectivity index (χ3v) is 3.59. The Balaban J connectivity index is 2.53. The summed E-state index contributed by atoms with van der Waals surface area (Å²) in [5.74, 6) is -0.606. The number of carbonyl (C=O) groups is 1. The number of halogens is 2. The molecule has 21 heavy (non-hydrogen) atoms. The number of hydrogen-bond donors (Lipinski definition) is 2. The molecule has 0 aliphatic rings. The van der Waals surface area contributed by atoms with E-state index in [0.29, 0.717) is 27.9 Å². The van der Waals surface area contributed by atoms with Gasteiger partial charge in [0.1, 0.15) is 18.5 Å². The van der Waals surface area contributed by atoms with Crippen LogP contribution in [-0.2, 0) is 9.47 Å². The van der Waals surface area contributed by atoms with Crippen LogP contribution in [0.3, 0.4) is 0 Å². The lowest BCUT2D eigenvalue weighted by atomic mass is 10.2. The van der Waals surface area contributed by atoms with E-state index < -0.39 is 12.1 Å². The van der Waals surface area contributed by atoms with Gasteiger partial charge in [-0.3, -0.25) is 0 Å². The predicted molar refractivity (Wildman–Crippen MR) is 83.0 cm³/mol. The first-order valence-electron chi connectivity index (χ1n) is 6.05. The first-order chi connectivity index (χ1) is 9.95. The fourth-order valence-electron chi connectivity index (χ4n) is 1.41. The number of rotatable bonds is 9. The van der Waals surface area contributed by atoms with E-state index in [9.17, 15) is 9.90 Å². The van der Waals surface area contributed by atoms with E-state index in [4.69, 9.17) is 19.3 Å². The lowest BCUT2D eigenvalue weighted by Gasteiger charge is -2.15. The van der Waals surface area contributed by atoms with Gasteiger partial charge in [-0.2, -0.15) is 0 Å². The summed E-state index contributed by atoms with van der Waals surface area (Å²) in [6.45, 7) is 1.01. The van der Waals surface area contributed by atoms with Gasteiger partial charge in [-0.15, -0.1) is 0 Å². The quantitative estimate of drug-likeness (QED) is 0.588. The second-order valence-corrected chi connectivity index (χ2v) is 5.82. The van der Waals surface area contributed by atoms with Crippen LogP contribution in [0.4, 0.5) is 0 Å². The number of hydrogen-bond acceptors (Lipinski definition) is 5. The van der Waals surface area contributed by atoms with Crippen LogP contribution in [0.5, 0.6) is 5.75 Å². The predicted octanol–water partition coefficient (Wildman–Crippen LogP) is 2.31. The molecule has 0 spiro atoms. The number of aliphatic hydroxyl groups is 1. The number of ether oxygens (including phenoxy) is 3. The largest absolute Gasteiger partial charge is 0.488 e. The smallest absolute Gasteiger partial charge is 0.335 e. The van der Waals surface area contributed by atoms with Gasteiger partial charge in [-0.1, -0.05) is 0 Å². The number of carboxylic acids is 1. The highest BCUT2D eigenvalue weighted by atomic mass is 79.9. The zero-order valence-corrected chi connectivity index (χ0v) is 14.5. The maximum atomic E-state index is 10.9. The molecule has 1 aromatic rings. The van der Waals surface area contributed by atoms with Crippen molar-refractivity contribution in [3.8, 4) is 5.75 Å². The van der Waals surface area contributed by atoms with E-state index in [0.717, 1.165) is 0 Å². The fourth-order valence-corrected chi connectivity index (χ4v) is 2.83. The highest BCUT2D eigenvalue weighted by Gasteiger charge is 2.14. The van der Waals surface area contributed by atoms with Gasteiger partial charge in [-0.05, 0) is 44.0 Å². The first-order valence-corrected chi connectivity index (χ1v) is 7.64. The summed E-state index contributed by atoms with van der Waals surface area (Å²) in [6, 6.07) is 2.87. The molecule has 6 nitrogen and oxygen atoms in total. The van der Waals surface area contributed by atoms with E-state index in [2.05, 4.69) is 31.9 Å². The topological polar surface area (TPSA) is 85.2 Å². The summed E-state index contributed by atoms with van der Waals surface area (Å²) < 4.78 is 16.4. The third-order valence-electron chi connectivity index (χ3n) is 2.41. The van der Waals surface area contributed by atoms with Crippen LogP contribution >= 0.6 is 31.9 Å². The van der Waals surface area contributed by atoms with Crippen molar-refractivity contribution in [3.05, 3.63) is 26.6 Å². The Hall–Kier alpha value is -0.670. The van der Waals surface area contributed by atoms with Crippen LogP contribution in [0.2, 0.25) is 0 Å². The average Bonchev–Trinajstić information content (AvgIpc) is 2.42. The SMILES string of the molecule is COCCOCC(O)COc1c(Br)cc(C(=O)O)cc1Br. The lowest BCUT2D eigenvalue weighted by Crippen LogP contribution is -2.24. The van der Waals surface area contributed by atoms with Crippen LogP contribution in [0.25, 0.3) is 0 Å². The molecular formula is C13H16Br2O6. The van der Waals surface area contributed by atoms with Crippen LogP contribution in [0.15, 0.2) is 21.1 Å². The molecule has 1 unspecified atom stereocenters. The third kappa shape index (κ3) is 6.31. The van der Waals surface area contributed by atoms with E-state index in [-0.39, 0.29) is 18.8 Å². The van der Waals surface area contributed by atoms with Crippen molar-refractivity contribution in [1.82, 2.24) is 0 Å². The Kier molecular flexibility index (Phi) is 8.20. The van der Waals surface area contributed by atoms with Crippen molar-refractivity contribution in [2.45, 2.75) is 6.10 Å². The number of aromatic carboxylic acids is 1. The molecule has 0 aliphatic carbocycles. The Labute approximate surface area is 139 Å². The van der Waals surface area contributed by atoms with Gasteiger partial charge in [0.25, 0.3) is 0 Å². The zero-order chi connectivity index (χ0) is 15.8. The minimum Gasteiger partial charge on any atom is -0.488 e. The molecule has 0 aromatic heterocycles.